The lowest BCUT2D eigenvalue weighted by Crippen LogP contribution is -1.87. The van der Waals surface area contributed by atoms with Crippen molar-refractivity contribution in [1.82, 2.24) is 4.98 Å². The van der Waals surface area contributed by atoms with Crippen LogP contribution in [-0.4, -0.2) is 4.98 Å². The molecule has 1 aromatic heterocycles. The summed E-state index contributed by atoms with van der Waals surface area (Å²) < 4.78 is 0. The van der Waals surface area contributed by atoms with Gasteiger partial charge in [0.15, 0.2) is 0 Å². The highest BCUT2D eigenvalue weighted by atomic mass is 14.7. The first-order valence-corrected chi connectivity index (χ1v) is 4.33. The Morgan fingerprint density at radius 1 is 1.27 bits per heavy atom. The first-order chi connectivity index (χ1) is 5.43. The highest BCUT2D eigenvalue weighted by Gasteiger charge is 1.90. The van der Waals surface area contributed by atoms with E-state index in [1.165, 1.54) is 25.0 Å². The average Bonchev–Trinajstić information content (AvgIpc) is 2.07. The monoisotopic (exact) mass is 149 g/mol. The molecule has 0 atom stereocenters. The molecule has 11 heavy (non-hydrogen) atoms. The summed E-state index contributed by atoms with van der Waals surface area (Å²) in [7, 11) is 0. The number of aromatic nitrogens is 1. The molecule has 0 amide bonds. The molecule has 0 N–H and O–H groups in total. The summed E-state index contributed by atoms with van der Waals surface area (Å²) in [5.74, 6) is 0. The van der Waals surface area contributed by atoms with Gasteiger partial charge in [-0.15, -0.1) is 0 Å². The van der Waals surface area contributed by atoms with Crippen molar-refractivity contribution < 1.29 is 0 Å². The van der Waals surface area contributed by atoms with Crippen LogP contribution >= 0.6 is 0 Å². The van der Waals surface area contributed by atoms with Crippen LogP contribution in [0.5, 0.6) is 0 Å². The third-order valence-corrected chi connectivity index (χ3v) is 1.76. The Balaban J connectivity index is 2.28. The fourth-order valence-corrected chi connectivity index (χ4v) is 1.10. The van der Waals surface area contributed by atoms with Gasteiger partial charge in [-0.1, -0.05) is 25.8 Å². The van der Waals surface area contributed by atoms with Gasteiger partial charge < -0.3 is 0 Å². The van der Waals surface area contributed by atoms with Gasteiger partial charge in [-0.05, 0) is 25.0 Å². The van der Waals surface area contributed by atoms with E-state index in [0.29, 0.717) is 0 Å². The molecule has 0 spiro atoms. The first-order valence-electron chi connectivity index (χ1n) is 4.33. The largest absolute Gasteiger partial charge is 0.261 e. The highest BCUT2D eigenvalue weighted by Crippen LogP contribution is 2.02. The predicted molar refractivity (Wildman–Crippen MR) is 47.5 cm³/mol. The molecular formula is C10H15N. The van der Waals surface area contributed by atoms with Crippen molar-refractivity contribution in [3.8, 4) is 0 Å². The predicted octanol–water partition coefficient (Wildman–Crippen LogP) is 2.81. The van der Waals surface area contributed by atoms with Gasteiger partial charge in [0.1, 0.15) is 0 Å². The molecule has 0 unspecified atom stereocenters. The van der Waals surface area contributed by atoms with Gasteiger partial charge in [0, 0.05) is 11.9 Å². The van der Waals surface area contributed by atoms with Crippen LogP contribution in [0.3, 0.4) is 0 Å². The minimum Gasteiger partial charge on any atom is -0.261 e. The zero-order valence-corrected chi connectivity index (χ0v) is 7.09. The molecule has 60 valence electrons. The normalized spacial score (nSPS) is 9.91. The lowest BCUT2D eigenvalue weighted by molar-refractivity contribution is 0.707. The molecule has 1 rings (SSSR count). The van der Waals surface area contributed by atoms with Crippen LogP contribution < -0.4 is 0 Å². The molecular weight excluding hydrogens is 134 g/mol. The molecule has 1 nitrogen and oxygen atoms in total. The van der Waals surface area contributed by atoms with Crippen molar-refractivity contribution >= 4 is 0 Å². The second-order valence-corrected chi connectivity index (χ2v) is 2.78. The number of rotatable bonds is 4. The molecule has 1 aromatic rings. The Hall–Kier alpha value is -0.850. The molecule has 0 aromatic carbocycles. The van der Waals surface area contributed by atoms with E-state index >= 15 is 0 Å². The molecule has 0 saturated heterocycles. The van der Waals surface area contributed by atoms with Crippen LogP contribution in [0.1, 0.15) is 31.9 Å². The number of hydrogen-bond donors (Lipinski definition) is 0. The minimum atomic E-state index is 1.13. The van der Waals surface area contributed by atoms with Gasteiger partial charge in [-0.25, -0.2) is 0 Å². The van der Waals surface area contributed by atoms with Crippen LogP contribution in [0, 0.1) is 0 Å². The number of pyridine rings is 1. The van der Waals surface area contributed by atoms with E-state index in [9.17, 15) is 0 Å². The van der Waals surface area contributed by atoms with E-state index in [-0.39, 0.29) is 0 Å². The van der Waals surface area contributed by atoms with Crippen LogP contribution in [0.15, 0.2) is 24.4 Å². The Morgan fingerprint density at radius 3 is 2.82 bits per heavy atom. The summed E-state index contributed by atoms with van der Waals surface area (Å²) in [5.41, 5.74) is 1.22. The Bertz CT molecular complexity index is 181. The van der Waals surface area contributed by atoms with E-state index in [1.807, 2.05) is 18.3 Å². The summed E-state index contributed by atoms with van der Waals surface area (Å²) in [5, 5.41) is 0. The van der Waals surface area contributed by atoms with Crippen LogP contribution in [-0.2, 0) is 6.42 Å². The second-order valence-electron chi connectivity index (χ2n) is 2.78. The fraction of sp³-hybridized carbons (Fsp3) is 0.500. The van der Waals surface area contributed by atoms with Crippen molar-refractivity contribution in [2.75, 3.05) is 0 Å². The summed E-state index contributed by atoms with van der Waals surface area (Å²) in [6.07, 6.45) is 6.87. The lowest BCUT2D eigenvalue weighted by Gasteiger charge is -1.97. The zero-order valence-electron chi connectivity index (χ0n) is 7.09. The number of nitrogens with zero attached hydrogens (tertiary/aromatic N) is 1. The molecule has 0 fully saturated rings. The van der Waals surface area contributed by atoms with E-state index in [4.69, 9.17) is 0 Å². The average molecular weight is 149 g/mol. The zero-order chi connectivity index (χ0) is 7.94. The summed E-state index contributed by atoms with van der Waals surface area (Å²) in [4.78, 5) is 4.25. The number of hydrogen-bond acceptors (Lipinski definition) is 1. The van der Waals surface area contributed by atoms with Gasteiger partial charge in [0.25, 0.3) is 0 Å². The van der Waals surface area contributed by atoms with E-state index in [2.05, 4.69) is 18.0 Å². The quantitative estimate of drug-likeness (QED) is 0.600. The van der Waals surface area contributed by atoms with Gasteiger partial charge in [-0.3, -0.25) is 4.98 Å². The van der Waals surface area contributed by atoms with E-state index < -0.39 is 0 Å². The summed E-state index contributed by atoms with van der Waals surface area (Å²) in [6, 6.07) is 6.10. The Labute approximate surface area is 68.5 Å². The summed E-state index contributed by atoms with van der Waals surface area (Å²) in [6.45, 7) is 2.22. The topological polar surface area (TPSA) is 12.9 Å². The van der Waals surface area contributed by atoms with Gasteiger partial charge in [-0.2, -0.15) is 0 Å². The van der Waals surface area contributed by atoms with Crippen molar-refractivity contribution in [2.45, 2.75) is 32.6 Å². The lowest BCUT2D eigenvalue weighted by atomic mass is 10.1. The summed E-state index contributed by atoms with van der Waals surface area (Å²) >= 11 is 0. The van der Waals surface area contributed by atoms with Gasteiger partial charge in [0.2, 0.25) is 0 Å². The van der Waals surface area contributed by atoms with Crippen LogP contribution in [0.25, 0.3) is 0 Å². The molecule has 0 aliphatic heterocycles. The maximum Gasteiger partial charge on any atom is 0.0403 e. The highest BCUT2D eigenvalue weighted by molar-refractivity contribution is 5.03. The second kappa shape index (κ2) is 4.89. The van der Waals surface area contributed by atoms with Gasteiger partial charge >= 0.3 is 0 Å². The molecule has 0 radical (unpaired) electrons. The Morgan fingerprint density at radius 2 is 2.18 bits per heavy atom. The van der Waals surface area contributed by atoms with Crippen LogP contribution in [0.4, 0.5) is 0 Å². The van der Waals surface area contributed by atoms with Crippen molar-refractivity contribution in [3.05, 3.63) is 30.1 Å². The van der Waals surface area contributed by atoms with Crippen molar-refractivity contribution in [2.24, 2.45) is 0 Å². The third-order valence-electron chi connectivity index (χ3n) is 1.76. The Kier molecular flexibility index (Phi) is 3.67. The number of unbranched alkanes of at least 4 members (excludes halogenated alkanes) is 2. The molecule has 0 saturated carbocycles. The van der Waals surface area contributed by atoms with Crippen molar-refractivity contribution in [3.63, 3.8) is 0 Å². The molecule has 1 heteroatoms. The standard InChI is InChI=1S/C10H15N/c1-2-3-4-7-10-8-5-6-9-11-10/h5-6,8-9H,2-4,7H2,1H3. The molecule has 0 aliphatic rings. The fourth-order valence-electron chi connectivity index (χ4n) is 1.10. The first kappa shape index (κ1) is 8.25. The van der Waals surface area contributed by atoms with E-state index in [1.54, 1.807) is 0 Å². The maximum absolute atomic E-state index is 4.25. The maximum atomic E-state index is 4.25. The molecule has 0 aliphatic carbocycles. The van der Waals surface area contributed by atoms with E-state index in [0.717, 1.165) is 6.42 Å². The molecule has 0 bridgehead atoms. The smallest absolute Gasteiger partial charge is 0.0403 e. The third kappa shape index (κ3) is 3.17. The SMILES string of the molecule is CCCCCc1ccccn1. The minimum absolute atomic E-state index is 1.13. The van der Waals surface area contributed by atoms with Crippen molar-refractivity contribution in [1.29, 1.82) is 0 Å². The van der Waals surface area contributed by atoms with Gasteiger partial charge in [0.05, 0.1) is 0 Å². The van der Waals surface area contributed by atoms with Crippen LogP contribution in [0.2, 0.25) is 0 Å². The molecule has 1 heterocycles. The number of aryl methyl sites for hydroxylation is 1.